The molecule has 0 aromatic carbocycles. The van der Waals surface area contributed by atoms with Gasteiger partial charge in [-0.3, -0.25) is 0 Å². The third-order valence-electron chi connectivity index (χ3n) is 0. The maximum atomic E-state index is 0. The first-order valence-electron chi connectivity index (χ1n) is 0. The largest absolute Gasteiger partial charge is 0.344 e. The summed E-state index contributed by atoms with van der Waals surface area (Å²) >= 11 is 0. The van der Waals surface area contributed by atoms with Crippen molar-refractivity contribution in [3.63, 3.8) is 0 Å². The highest BCUT2D eigenvalue weighted by Gasteiger charge is -0.143. The van der Waals surface area contributed by atoms with Crippen molar-refractivity contribution in [1.29, 1.82) is 0 Å². The summed E-state index contributed by atoms with van der Waals surface area (Å²) in [4.78, 5) is 0. The van der Waals surface area contributed by atoms with Crippen molar-refractivity contribution >= 4 is 49.6 Å². The third-order valence-corrected chi connectivity index (χ3v) is 0. The van der Waals surface area contributed by atoms with Crippen LogP contribution in [-0.2, 0) is 0 Å². The van der Waals surface area contributed by atoms with E-state index in [1.807, 2.05) is 0 Å². The molecule has 0 aliphatic carbocycles. The molecule has 0 atom stereocenters. The average molecular weight is 248 g/mol. The van der Waals surface area contributed by atoms with Crippen molar-refractivity contribution < 1.29 is 0 Å². The van der Waals surface area contributed by atoms with Gasteiger partial charge in [-0.1, -0.05) is 0 Å². The van der Waals surface area contributed by atoms with Crippen LogP contribution in [0.1, 0.15) is 0 Å². The van der Waals surface area contributed by atoms with Crippen molar-refractivity contribution in [2.75, 3.05) is 0 Å². The minimum Gasteiger partial charge on any atom is -0.344 e. The quantitative estimate of drug-likeness (QED) is 0.378. The number of halogens is 4. The van der Waals surface area contributed by atoms with E-state index in [9.17, 15) is 0 Å². The second-order valence-electron chi connectivity index (χ2n) is 0. The van der Waals surface area contributed by atoms with Gasteiger partial charge in [0.1, 0.15) is 0 Å². The molecule has 0 radical (unpaired) electrons. The van der Waals surface area contributed by atoms with Crippen LogP contribution >= 0.6 is 49.6 Å². The Labute approximate surface area is 86.8 Å². The second-order valence-corrected chi connectivity index (χ2v) is 0. The monoisotopic (exact) mass is 246 g/mol. The van der Waals surface area contributed by atoms with Crippen LogP contribution in [0, 0.1) is 0 Å². The Hall–Kier alpha value is 0.920. The third kappa shape index (κ3) is 661. The van der Waals surface area contributed by atoms with E-state index in [0.717, 1.165) is 0 Å². The van der Waals surface area contributed by atoms with Gasteiger partial charge in [0.15, 0.2) is 0 Å². The molecule has 0 spiro atoms. The lowest BCUT2D eigenvalue weighted by Crippen LogP contribution is -0.482. The predicted octanol–water partition coefficient (Wildman–Crippen LogP) is 2.66. The zero-order valence-electron chi connectivity index (χ0n) is 5.88. The van der Waals surface area contributed by atoms with Crippen molar-refractivity contribution in [2.45, 2.75) is 0 Å². The van der Waals surface area contributed by atoms with Gasteiger partial charge >= 0.3 is 0 Å². The van der Waals surface area contributed by atoms with Crippen LogP contribution in [0.25, 0.3) is 0 Å². The number of hydrogen-bond donors (Lipinski definition) is 6. The highest BCUT2D eigenvalue weighted by Crippen LogP contribution is 0.693. The van der Waals surface area contributed by atoms with Gasteiger partial charge in [0.25, 0.3) is 0 Å². The lowest BCUT2D eigenvalue weighted by atomic mass is 14.0. The van der Waals surface area contributed by atoms with Crippen LogP contribution < -0.4 is 36.9 Å². The number of hydrogen-bond acceptors (Lipinski definition) is 6. The van der Waals surface area contributed by atoms with E-state index in [0.29, 0.717) is 0 Å². The Morgan fingerprint density at radius 1 is 0.200 bits per heavy atom. The van der Waals surface area contributed by atoms with Gasteiger partial charge in [-0.2, -0.15) is 0 Å². The molecule has 0 aliphatic heterocycles. The van der Waals surface area contributed by atoms with Crippen molar-refractivity contribution in [1.82, 2.24) is 36.9 Å². The van der Waals surface area contributed by atoms with Gasteiger partial charge in [-0.05, 0) is 0 Å². The van der Waals surface area contributed by atoms with E-state index in [1.54, 1.807) is 0 Å². The first kappa shape index (κ1) is 1270. The molecule has 0 bridgehead atoms. The normalized spacial score (nSPS) is 0. The minimum absolute atomic E-state index is 0. The van der Waals surface area contributed by atoms with Crippen LogP contribution in [-0.4, -0.2) is 0 Å². The first-order valence-corrected chi connectivity index (χ1v) is 0. The lowest BCUT2D eigenvalue weighted by Gasteiger charge is -0.345. The summed E-state index contributed by atoms with van der Waals surface area (Å²) in [7, 11) is 0. The Morgan fingerprint density at radius 2 is 0.200 bits per heavy atom. The molecule has 0 saturated carbocycles. The maximum absolute atomic E-state index is 0. The predicted molar refractivity (Wildman–Crippen MR) is 59.1 cm³/mol. The molecule has 6 nitrogen and oxygen atoms in total. The van der Waals surface area contributed by atoms with E-state index in [1.165, 1.54) is 0 Å². The molecule has 0 fully saturated rings. The molecule has 0 heterocycles. The topological polar surface area (TPSA) is 210 Å². The molecule has 0 unspecified atom stereocenters. The standard InChI is InChI=1S/4ClH.6H3N/h4*1H;6*1H3. The van der Waals surface area contributed by atoms with E-state index in [-0.39, 0.29) is 86.5 Å². The van der Waals surface area contributed by atoms with Crippen LogP contribution in [0.5, 0.6) is 0 Å². The lowest BCUT2D eigenvalue weighted by molar-refractivity contribution is 2.13. The Kier molecular flexibility index (Phi) is 118000. The summed E-state index contributed by atoms with van der Waals surface area (Å²) in [6.07, 6.45) is 0. The zero-order chi connectivity index (χ0) is 0. The van der Waals surface area contributed by atoms with E-state index in [4.69, 9.17) is 0 Å². The van der Waals surface area contributed by atoms with Gasteiger partial charge in [-0.15, -0.1) is 49.6 Å². The molecule has 0 aliphatic rings. The second kappa shape index (κ2) is 933. The summed E-state index contributed by atoms with van der Waals surface area (Å²) < 4.78 is 0. The van der Waals surface area contributed by atoms with Gasteiger partial charge in [-0.25, -0.2) is 0 Å². The molecular formula is H22Cl4N6. The Morgan fingerprint density at radius 3 is 0.200 bits per heavy atom. The average Bonchev–Trinajstić information content (AvgIpc) is 0. The molecular weight excluding hydrogens is 226 g/mol. The van der Waals surface area contributed by atoms with Crippen molar-refractivity contribution in [2.24, 2.45) is 0 Å². The van der Waals surface area contributed by atoms with Crippen molar-refractivity contribution in [3.8, 4) is 0 Å². The fourth-order valence-corrected chi connectivity index (χ4v) is 0. The molecule has 0 saturated heterocycles. The molecule has 0 aromatic heterocycles. The SMILES string of the molecule is Cl.Cl.Cl.Cl.N.N.N.N.N.N. The summed E-state index contributed by atoms with van der Waals surface area (Å²) in [5.74, 6) is 0. The highest BCUT2D eigenvalue weighted by atomic mass is 35.5. The highest BCUT2D eigenvalue weighted by molar-refractivity contribution is 5.86. The summed E-state index contributed by atoms with van der Waals surface area (Å²) in [5, 5.41) is 0. The van der Waals surface area contributed by atoms with Gasteiger partial charge in [0.05, 0.1) is 0 Å². The Bertz CT molecular complexity index is 9.71. The molecule has 0 amide bonds. The summed E-state index contributed by atoms with van der Waals surface area (Å²) in [5.41, 5.74) is 0. The van der Waals surface area contributed by atoms with Gasteiger partial charge in [0, 0.05) is 0 Å². The molecule has 18 N–H and O–H groups in total. The molecule has 0 aromatic rings. The van der Waals surface area contributed by atoms with Crippen LogP contribution in [0.15, 0.2) is 0 Å². The van der Waals surface area contributed by atoms with Crippen LogP contribution in [0.4, 0.5) is 0 Å². The fraction of sp³-hybridized carbons (Fsp3) is 0. The van der Waals surface area contributed by atoms with Gasteiger partial charge < -0.3 is 36.9 Å². The molecule has 80 valence electrons. The van der Waals surface area contributed by atoms with Crippen LogP contribution in [0.2, 0.25) is 0 Å². The molecule has 10 heteroatoms. The Balaban J connectivity index is 0. The fourth-order valence-electron chi connectivity index (χ4n) is 0. The summed E-state index contributed by atoms with van der Waals surface area (Å²) in [6, 6.07) is 0. The summed E-state index contributed by atoms with van der Waals surface area (Å²) in [6.45, 7) is 0. The van der Waals surface area contributed by atoms with E-state index in [2.05, 4.69) is 0 Å². The molecule has 10 heavy (non-hydrogen) atoms. The van der Waals surface area contributed by atoms with Crippen LogP contribution in [0.3, 0.4) is 0 Å². The zero-order valence-corrected chi connectivity index (χ0v) is 9.14. The first-order chi connectivity index (χ1) is 0. The van der Waals surface area contributed by atoms with E-state index >= 15 is 0 Å². The number of rotatable bonds is 0. The molecule has 0 rings (SSSR count). The van der Waals surface area contributed by atoms with Crippen molar-refractivity contribution in [3.05, 3.63) is 0 Å². The van der Waals surface area contributed by atoms with Gasteiger partial charge in [0.2, 0.25) is 0 Å². The van der Waals surface area contributed by atoms with E-state index < -0.39 is 0 Å². The minimum atomic E-state index is 0. The maximum Gasteiger partial charge on any atom is -0.147 e. The smallest absolute Gasteiger partial charge is 0.147 e.